The molecule has 128 valence electrons. The second kappa shape index (κ2) is 6.18. The van der Waals surface area contributed by atoms with E-state index in [0.717, 1.165) is 54.0 Å². The van der Waals surface area contributed by atoms with Gasteiger partial charge in [0.1, 0.15) is 5.82 Å². The van der Waals surface area contributed by atoms with Crippen molar-refractivity contribution in [1.82, 2.24) is 20.1 Å². The number of fused-ring (bicyclic) bond motifs is 1. The number of primary amides is 1. The van der Waals surface area contributed by atoms with Crippen LogP contribution >= 0.6 is 0 Å². The van der Waals surface area contributed by atoms with E-state index in [2.05, 4.69) is 38.1 Å². The number of aromatic nitrogens is 3. The standard InChI is InChI=1S/C18H20N6O/c1-23-4-6-24(7-5-23)17-10-12(2-3-20-17)13-8-14(18(19)25)15-11-21-22-16(15)9-13/h2-3,8-11H,4-7H2,1H3,(H2,19,25)(H,21,22). The summed E-state index contributed by atoms with van der Waals surface area (Å²) < 4.78 is 0. The number of piperazine rings is 1. The predicted octanol–water partition coefficient (Wildman–Crippen LogP) is 1.48. The number of benzene rings is 1. The van der Waals surface area contributed by atoms with Crippen LogP contribution in [0.25, 0.3) is 22.0 Å². The third-order valence-corrected chi connectivity index (χ3v) is 4.73. The molecule has 0 spiro atoms. The van der Waals surface area contributed by atoms with Crippen LogP contribution in [0.5, 0.6) is 0 Å². The number of hydrogen-bond donors (Lipinski definition) is 2. The van der Waals surface area contributed by atoms with Crippen molar-refractivity contribution in [2.75, 3.05) is 38.1 Å². The summed E-state index contributed by atoms with van der Waals surface area (Å²) in [7, 11) is 2.13. The van der Waals surface area contributed by atoms with Gasteiger partial charge in [-0.15, -0.1) is 0 Å². The van der Waals surface area contributed by atoms with Gasteiger partial charge in [-0.2, -0.15) is 5.10 Å². The van der Waals surface area contributed by atoms with Crippen LogP contribution in [0.2, 0.25) is 0 Å². The molecule has 1 saturated heterocycles. The number of carbonyl (C=O) groups is 1. The molecule has 1 fully saturated rings. The van der Waals surface area contributed by atoms with Gasteiger partial charge in [-0.25, -0.2) is 4.98 Å². The van der Waals surface area contributed by atoms with Crippen LogP contribution < -0.4 is 10.6 Å². The van der Waals surface area contributed by atoms with Gasteiger partial charge in [-0.05, 0) is 42.4 Å². The Morgan fingerprint density at radius 2 is 1.96 bits per heavy atom. The molecule has 0 saturated carbocycles. The van der Waals surface area contributed by atoms with Gasteiger partial charge in [-0.3, -0.25) is 9.89 Å². The van der Waals surface area contributed by atoms with Crippen LogP contribution in [-0.2, 0) is 0 Å². The molecule has 1 aliphatic heterocycles. The average Bonchev–Trinajstić information content (AvgIpc) is 3.10. The number of nitrogens with two attached hydrogens (primary N) is 1. The molecule has 2 aromatic heterocycles. The van der Waals surface area contributed by atoms with E-state index >= 15 is 0 Å². The van der Waals surface area contributed by atoms with Crippen molar-refractivity contribution in [3.8, 4) is 11.1 Å². The van der Waals surface area contributed by atoms with Crippen molar-refractivity contribution in [2.24, 2.45) is 5.73 Å². The van der Waals surface area contributed by atoms with Gasteiger partial charge >= 0.3 is 0 Å². The zero-order valence-corrected chi connectivity index (χ0v) is 14.1. The Labute approximate surface area is 145 Å². The molecule has 0 bridgehead atoms. The van der Waals surface area contributed by atoms with Gasteiger partial charge < -0.3 is 15.5 Å². The topological polar surface area (TPSA) is 91.1 Å². The largest absolute Gasteiger partial charge is 0.366 e. The second-order valence-corrected chi connectivity index (χ2v) is 6.41. The van der Waals surface area contributed by atoms with Crippen LogP contribution in [0.1, 0.15) is 10.4 Å². The van der Waals surface area contributed by atoms with Gasteiger partial charge in [0.05, 0.1) is 17.3 Å². The number of aromatic amines is 1. The summed E-state index contributed by atoms with van der Waals surface area (Å²) >= 11 is 0. The van der Waals surface area contributed by atoms with Crippen LogP contribution in [-0.4, -0.2) is 59.2 Å². The Hall–Kier alpha value is -2.93. The third-order valence-electron chi connectivity index (χ3n) is 4.73. The van der Waals surface area contributed by atoms with E-state index in [4.69, 9.17) is 5.73 Å². The predicted molar refractivity (Wildman–Crippen MR) is 97.6 cm³/mol. The van der Waals surface area contributed by atoms with E-state index in [1.807, 2.05) is 24.4 Å². The highest BCUT2D eigenvalue weighted by molar-refractivity contribution is 6.07. The fourth-order valence-electron chi connectivity index (χ4n) is 3.23. The summed E-state index contributed by atoms with van der Waals surface area (Å²) in [6, 6.07) is 7.82. The van der Waals surface area contributed by atoms with Gasteiger partial charge in [0.2, 0.25) is 5.91 Å². The number of pyridine rings is 1. The smallest absolute Gasteiger partial charge is 0.249 e. The first-order valence-corrected chi connectivity index (χ1v) is 8.28. The van der Waals surface area contributed by atoms with Crippen molar-refractivity contribution in [2.45, 2.75) is 0 Å². The van der Waals surface area contributed by atoms with Crippen molar-refractivity contribution in [1.29, 1.82) is 0 Å². The monoisotopic (exact) mass is 336 g/mol. The van der Waals surface area contributed by atoms with Crippen molar-refractivity contribution < 1.29 is 4.79 Å². The van der Waals surface area contributed by atoms with Crippen LogP contribution in [0.4, 0.5) is 5.82 Å². The molecule has 0 atom stereocenters. The average molecular weight is 336 g/mol. The van der Waals surface area contributed by atoms with E-state index in [0.29, 0.717) is 5.56 Å². The number of nitrogens with zero attached hydrogens (tertiary/aromatic N) is 4. The lowest BCUT2D eigenvalue weighted by Crippen LogP contribution is -2.44. The maximum atomic E-state index is 11.8. The number of nitrogens with one attached hydrogen (secondary N) is 1. The lowest BCUT2D eigenvalue weighted by Gasteiger charge is -2.33. The summed E-state index contributed by atoms with van der Waals surface area (Å²) in [5.41, 5.74) is 8.73. The molecule has 4 rings (SSSR count). The molecule has 7 nitrogen and oxygen atoms in total. The fourth-order valence-corrected chi connectivity index (χ4v) is 3.23. The molecule has 1 aliphatic rings. The van der Waals surface area contributed by atoms with Crippen molar-refractivity contribution >= 4 is 22.6 Å². The molecule has 0 aliphatic carbocycles. The molecule has 1 aromatic carbocycles. The van der Waals surface area contributed by atoms with Gasteiger partial charge in [0, 0.05) is 37.8 Å². The van der Waals surface area contributed by atoms with Crippen molar-refractivity contribution in [3.05, 3.63) is 42.2 Å². The summed E-state index contributed by atoms with van der Waals surface area (Å²) in [5, 5.41) is 7.68. The van der Waals surface area contributed by atoms with E-state index in [-0.39, 0.29) is 0 Å². The first kappa shape index (κ1) is 15.6. The zero-order valence-electron chi connectivity index (χ0n) is 14.1. The quantitative estimate of drug-likeness (QED) is 0.756. The Morgan fingerprint density at radius 3 is 2.72 bits per heavy atom. The number of likely N-dealkylation sites (N-methyl/N-ethyl adjacent to an activating group) is 1. The van der Waals surface area contributed by atoms with Crippen LogP contribution in [0, 0.1) is 0 Å². The summed E-state index contributed by atoms with van der Waals surface area (Å²) in [6.45, 7) is 3.97. The first-order valence-electron chi connectivity index (χ1n) is 8.28. The molecular weight excluding hydrogens is 316 g/mol. The number of H-pyrrole nitrogens is 1. The molecule has 3 heterocycles. The molecule has 0 unspecified atom stereocenters. The maximum absolute atomic E-state index is 11.8. The SMILES string of the molecule is CN1CCN(c2cc(-c3cc(C(N)=O)c4cn[nH]c4c3)ccn2)CC1. The molecule has 1 amide bonds. The highest BCUT2D eigenvalue weighted by Gasteiger charge is 2.16. The Kier molecular flexibility index (Phi) is 3.85. The van der Waals surface area contributed by atoms with Crippen LogP contribution in [0.15, 0.2) is 36.7 Å². The van der Waals surface area contributed by atoms with Gasteiger partial charge in [-0.1, -0.05) is 0 Å². The molecule has 7 heteroatoms. The number of rotatable bonds is 3. The molecule has 0 radical (unpaired) electrons. The fraction of sp³-hybridized carbons (Fsp3) is 0.278. The third kappa shape index (κ3) is 2.94. The van der Waals surface area contributed by atoms with E-state index < -0.39 is 5.91 Å². The zero-order chi connectivity index (χ0) is 17.4. The maximum Gasteiger partial charge on any atom is 0.249 e. The van der Waals surface area contributed by atoms with Crippen molar-refractivity contribution in [3.63, 3.8) is 0 Å². The number of carbonyl (C=O) groups excluding carboxylic acids is 1. The van der Waals surface area contributed by atoms with E-state index in [1.165, 1.54) is 0 Å². The lowest BCUT2D eigenvalue weighted by molar-refractivity contribution is 0.100. The minimum Gasteiger partial charge on any atom is -0.366 e. The highest BCUT2D eigenvalue weighted by atomic mass is 16.1. The number of amides is 1. The Balaban J connectivity index is 1.74. The Morgan fingerprint density at radius 1 is 1.16 bits per heavy atom. The molecule has 3 aromatic rings. The summed E-state index contributed by atoms with van der Waals surface area (Å²) in [4.78, 5) is 20.9. The number of anilines is 1. The Bertz CT molecular complexity index is 926. The second-order valence-electron chi connectivity index (χ2n) is 6.41. The molecule has 3 N–H and O–H groups in total. The first-order chi connectivity index (χ1) is 12.1. The molecular formula is C18H20N6O. The minimum absolute atomic E-state index is 0.457. The normalized spacial score (nSPS) is 15.6. The van der Waals surface area contributed by atoms with Gasteiger partial charge in [0.15, 0.2) is 0 Å². The number of hydrogen-bond acceptors (Lipinski definition) is 5. The summed E-state index contributed by atoms with van der Waals surface area (Å²) in [5.74, 6) is 0.498. The van der Waals surface area contributed by atoms with Gasteiger partial charge in [0.25, 0.3) is 0 Å². The van der Waals surface area contributed by atoms with E-state index in [1.54, 1.807) is 6.20 Å². The summed E-state index contributed by atoms with van der Waals surface area (Å²) in [6.07, 6.45) is 3.44. The van der Waals surface area contributed by atoms with E-state index in [9.17, 15) is 4.79 Å². The van der Waals surface area contributed by atoms with Crippen LogP contribution in [0.3, 0.4) is 0 Å². The minimum atomic E-state index is -0.457. The highest BCUT2D eigenvalue weighted by Crippen LogP contribution is 2.28. The lowest BCUT2D eigenvalue weighted by atomic mass is 10.0. The molecule has 25 heavy (non-hydrogen) atoms.